The van der Waals surface area contributed by atoms with Gasteiger partial charge in [0, 0.05) is 91.6 Å². The predicted molar refractivity (Wildman–Crippen MR) is 543 cm³/mol. The quantitative estimate of drug-likeness (QED) is 0.0672. The van der Waals surface area contributed by atoms with Crippen LogP contribution in [0.1, 0.15) is 360 Å². The van der Waals surface area contributed by atoms with Crippen LogP contribution in [-0.4, -0.2) is 116 Å². The van der Waals surface area contributed by atoms with E-state index in [4.69, 9.17) is 0 Å². The minimum Gasteiger partial charge on any atom is -0.291 e. The second-order valence-electron chi connectivity index (χ2n) is 47.5. The number of fused-ring (bicyclic) bond motifs is 6. The Morgan fingerprint density at radius 3 is 0.959 bits per heavy atom. The molecule has 0 saturated heterocycles. The molecule has 0 heterocycles. The summed E-state index contributed by atoms with van der Waals surface area (Å²) in [4.78, 5) is 13.5. The lowest BCUT2D eigenvalue weighted by Gasteiger charge is -2.50. The zero-order valence-electron chi connectivity index (χ0n) is 85.2. The standard InChI is InChI=1S/C24H41N.C24H43N.C23H35N.C23H33N.C23H35N/c1-17(2)19-11-9-18(10-12-19)16-25(22(3,4)5)21-15-20-13-14-24(21,8)23(20,6)7;1-18(2)11-10-12-19(3)14-16-25(22(4,5)6)21-17-20-13-15-24(21,9)23(20,7)8;1-21(2,3)24(16-10-13-18-11-8-7-9-12-18)20-17-19-14-15-23(20,6)22(19,4)5;1-19(2)22-15-13-21(14-16-22)18-24(23(3,4)5)17-9-12-20-10-7-6-8-11-20;1-20(2)12-10-13-21(3)17-19-24(23(4,5)6)18-11-16-22-14-8-7-9-15-22/h9,19-21H,1,10-16H2,2-8H3;11,14,20-21H,10,12-13,15-17H2,1-9H3;7-13,19-20H,14-17H2,1-6H3;6-13,22H,1,14-18H2,2-5H3;7-9,11-12,14-17H,10,13,18-19H2,1-6H3/b;19-14+;13-10+;12-9+;16-11+,21-17+. The molecule has 6 bridgehead atoms. The van der Waals surface area contributed by atoms with Crippen molar-refractivity contribution in [2.75, 3.05) is 45.8 Å². The van der Waals surface area contributed by atoms with Crippen LogP contribution in [0.2, 0.25) is 0 Å². The first-order valence-corrected chi connectivity index (χ1v) is 48.9. The SMILES string of the molecule is C=C(C)C1CC=C(CN(C/C=C/c2ccccc2)C(C)(C)C)CC1.C=C(C)C1CC=C(CN(C2CC3CCC2(C)C3(C)C)C(C)(C)C)CC1.CC(C)(C)N(C/C=C/c1ccccc1)C1CC2CCC1(C)C2(C)C.CC(C)=CCC/C(C)=C/CN(C/C=C/c1ccccc1)C(C)(C)C.CC(C)=CCC/C(C)=C/CN(C1CC2CCC1(C)C2(C)C)C(C)(C)C. The summed E-state index contributed by atoms with van der Waals surface area (Å²) < 4.78 is 0. The molecule has 3 aromatic rings. The van der Waals surface area contributed by atoms with Crippen molar-refractivity contribution in [3.8, 4) is 0 Å². The van der Waals surface area contributed by atoms with Gasteiger partial charge in [-0.2, -0.15) is 0 Å². The molecule has 11 unspecified atom stereocenters. The Kier molecular flexibility index (Phi) is 37.4. The van der Waals surface area contributed by atoms with Crippen LogP contribution in [0.4, 0.5) is 0 Å². The summed E-state index contributed by atoms with van der Waals surface area (Å²) in [7, 11) is 0. The van der Waals surface area contributed by atoms with Crippen LogP contribution >= 0.6 is 0 Å². The molecule has 8 aliphatic carbocycles. The summed E-state index contributed by atoms with van der Waals surface area (Å²) in [5.74, 6) is 4.13. The summed E-state index contributed by atoms with van der Waals surface area (Å²) >= 11 is 0. The van der Waals surface area contributed by atoms with Gasteiger partial charge in [-0.05, 0) is 360 Å². The Bertz CT molecular complexity index is 4030. The molecule has 3 aromatic carbocycles. The molecule has 6 fully saturated rings. The summed E-state index contributed by atoms with van der Waals surface area (Å²) in [6.07, 6.45) is 53.0. The van der Waals surface area contributed by atoms with Gasteiger partial charge in [0.1, 0.15) is 0 Å². The maximum Gasteiger partial charge on any atom is 0.0201 e. The Hall–Kier alpha value is -5.40. The van der Waals surface area contributed by atoms with Crippen molar-refractivity contribution >= 4 is 18.2 Å². The van der Waals surface area contributed by atoms with Crippen molar-refractivity contribution in [3.05, 3.63) is 220 Å². The third kappa shape index (κ3) is 28.1. The largest absolute Gasteiger partial charge is 0.291 e. The Balaban J connectivity index is 0.000000210. The summed E-state index contributed by atoms with van der Waals surface area (Å²) in [5, 5.41) is 0. The predicted octanol–water partition coefficient (Wildman–Crippen LogP) is 32.2. The van der Waals surface area contributed by atoms with E-state index in [9.17, 15) is 0 Å². The van der Waals surface area contributed by atoms with Crippen molar-refractivity contribution in [1.29, 1.82) is 0 Å². The van der Waals surface area contributed by atoms with E-state index in [1.165, 1.54) is 160 Å². The highest BCUT2D eigenvalue weighted by Crippen LogP contribution is 2.70. The second kappa shape index (κ2) is 44.1. The van der Waals surface area contributed by atoms with Crippen LogP contribution < -0.4 is 0 Å². The second-order valence-corrected chi connectivity index (χ2v) is 47.5. The number of hydrogen-bond donors (Lipinski definition) is 0. The molecule has 122 heavy (non-hydrogen) atoms. The van der Waals surface area contributed by atoms with E-state index in [1.807, 2.05) is 0 Å². The number of allylic oxidation sites excluding steroid dienone is 10. The van der Waals surface area contributed by atoms with E-state index in [0.717, 1.165) is 81.9 Å². The fraction of sp³-hybridized carbons (Fsp3) is 0.658. The molecule has 5 nitrogen and oxygen atoms in total. The first-order chi connectivity index (χ1) is 56.7. The van der Waals surface area contributed by atoms with Crippen molar-refractivity contribution < 1.29 is 0 Å². The van der Waals surface area contributed by atoms with Crippen LogP contribution in [0, 0.1) is 62.1 Å². The van der Waals surface area contributed by atoms with E-state index in [1.54, 1.807) is 16.7 Å². The molecule has 8 aliphatic rings. The summed E-state index contributed by atoms with van der Waals surface area (Å²) in [5.41, 5.74) is 19.5. The summed E-state index contributed by atoms with van der Waals surface area (Å²) in [6.45, 7) is 91.6. The van der Waals surface area contributed by atoms with E-state index in [-0.39, 0.29) is 27.7 Å². The van der Waals surface area contributed by atoms with Gasteiger partial charge in [0.15, 0.2) is 0 Å². The highest BCUT2D eigenvalue weighted by Gasteiger charge is 2.66. The highest BCUT2D eigenvalue weighted by atomic mass is 15.3. The molecule has 0 N–H and O–H groups in total. The molecule has 11 rings (SSSR count). The molecular formula is C117H187N5. The van der Waals surface area contributed by atoms with Crippen LogP contribution in [-0.2, 0) is 0 Å². The van der Waals surface area contributed by atoms with Gasteiger partial charge in [0.25, 0.3) is 0 Å². The molecule has 11 atom stereocenters. The van der Waals surface area contributed by atoms with Gasteiger partial charge in [-0.15, -0.1) is 0 Å². The van der Waals surface area contributed by atoms with Crippen LogP contribution in [0.15, 0.2) is 203 Å². The number of rotatable bonds is 28. The smallest absolute Gasteiger partial charge is 0.0201 e. The molecule has 0 spiro atoms. The molecule has 0 radical (unpaired) electrons. The van der Waals surface area contributed by atoms with Crippen molar-refractivity contribution in [2.45, 2.75) is 389 Å². The molecule has 0 aliphatic heterocycles. The van der Waals surface area contributed by atoms with Gasteiger partial charge in [-0.3, -0.25) is 24.5 Å². The van der Waals surface area contributed by atoms with E-state index in [0.29, 0.717) is 50.4 Å². The monoisotopic (exact) mass is 1660 g/mol. The lowest BCUT2D eigenvalue weighted by molar-refractivity contribution is -0.00292. The van der Waals surface area contributed by atoms with Gasteiger partial charge in [0.05, 0.1) is 0 Å². The number of benzene rings is 3. The fourth-order valence-corrected chi connectivity index (χ4v) is 22.6. The third-order valence-electron chi connectivity index (χ3n) is 32.8. The van der Waals surface area contributed by atoms with Crippen LogP contribution in [0.5, 0.6) is 0 Å². The number of hydrogen-bond acceptors (Lipinski definition) is 5. The maximum atomic E-state index is 4.18. The average Bonchev–Trinajstić information content (AvgIpc) is 1.56. The zero-order chi connectivity index (χ0) is 90.8. The lowest BCUT2D eigenvalue weighted by atomic mass is 9.68. The molecule has 0 amide bonds. The van der Waals surface area contributed by atoms with Crippen molar-refractivity contribution in [1.82, 2.24) is 24.5 Å². The topological polar surface area (TPSA) is 16.2 Å². The molecule has 5 heteroatoms. The van der Waals surface area contributed by atoms with Crippen molar-refractivity contribution in [2.24, 2.45) is 62.1 Å². The first-order valence-electron chi connectivity index (χ1n) is 48.9. The average molecular weight is 1660 g/mol. The molecule has 6 saturated carbocycles. The Labute approximate surface area is 755 Å². The fourth-order valence-electron chi connectivity index (χ4n) is 22.6. The van der Waals surface area contributed by atoms with Crippen molar-refractivity contribution in [3.63, 3.8) is 0 Å². The van der Waals surface area contributed by atoms with Gasteiger partial charge >= 0.3 is 0 Å². The third-order valence-corrected chi connectivity index (χ3v) is 32.8. The zero-order valence-corrected chi connectivity index (χ0v) is 85.2. The molecular weight excluding hydrogens is 1480 g/mol. The van der Waals surface area contributed by atoms with E-state index >= 15 is 0 Å². The van der Waals surface area contributed by atoms with Gasteiger partial charge < -0.3 is 0 Å². The maximum absolute atomic E-state index is 4.18. The van der Waals surface area contributed by atoms with Gasteiger partial charge in [-0.25, -0.2) is 0 Å². The minimum absolute atomic E-state index is 0.164. The van der Waals surface area contributed by atoms with Crippen LogP contribution in [0.3, 0.4) is 0 Å². The number of nitrogens with zero attached hydrogens (tertiary/aromatic N) is 5. The van der Waals surface area contributed by atoms with E-state index < -0.39 is 0 Å². The van der Waals surface area contributed by atoms with Gasteiger partial charge in [0.2, 0.25) is 0 Å². The van der Waals surface area contributed by atoms with Gasteiger partial charge in [-0.1, -0.05) is 284 Å². The Morgan fingerprint density at radius 1 is 0.361 bits per heavy atom. The summed E-state index contributed by atoms with van der Waals surface area (Å²) in [6, 6.07) is 33.9. The molecule has 0 aromatic heterocycles. The van der Waals surface area contributed by atoms with Crippen LogP contribution in [0.25, 0.3) is 18.2 Å². The molecule has 680 valence electrons. The normalized spacial score (nSPS) is 26.7. The first kappa shape index (κ1) is 104. The van der Waals surface area contributed by atoms with E-state index in [2.05, 4.69) is 423 Å². The lowest BCUT2D eigenvalue weighted by Crippen LogP contribution is -2.55. The highest BCUT2D eigenvalue weighted by molar-refractivity contribution is 5.50. The Morgan fingerprint density at radius 2 is 0.672 bits per heavy atom. The minimum atomic E-state index is 0.164.